The summed E-state index contributed by atoms with van der Waals surface area (Å²) in [5.41, 5.74) is 7.26. The number of para-hydroxylation sites is 1. The Labute approximate surface area is 153 Å². The number of nitrogens with zero attached hydrogens (tertiary/aromatic N) is 1. The number of benzene rings is 1. The highest BCUT2D eigenvalue weighted by atomic mass is 35.5. The molecule has 128 valence electrons. The molecular formula is C16H23Cl2N3OS. The number of hydrogen-bond acceptors (Lipinski definition) is 4. The highest BCUT2D eigenvalue weighted by Crippen LogP contribution is 2.26. The van der Waals surface area contributed by atoms with Gasteiger partial charge in [0.05, 0.1) is 5.54 Å². The van der Waals surface area contributed by atoms with Crippen molar-refractivity contribution in [2.45, 2.75) is 38.6 Å². The number of nitrogen functional groups attached to an aromatic ring is 1. The van der Waals surface area contributed by atoms with Crippen molar-refractivity contribution in [2.24, 2.45) is 0 Å². The second-order valence-electron chi connectivity index (χ2n) is 5.27. The van der Waals surface area contributed by atoms with Gasteiger partial charge < -0.3 is 11.1 Å². The van der Waals surface area contributed by atoms with Gasteiger partial charge >= 0.3 is 0 Å². The quantitative estimate of drug-likeness (QED) is 0.751. The Balaban J connectivity index is 0.00000242. The zero-order chi connectivity index (χ0) is 15.3. The molecule has 0 radical (unpaired) electrons. The molecule has 1 aromatic carbocycles. The molecule has 4 nitrogen and oxygen atoms in total. The number of carbonyl (C=O) groups excluding carboxylic acids is 1. The zero-order valence-corrected chi connectivity index (χ0v) is 15.7. The summed E-state index contributed by atoms with van der Waals surface area (Å²) in [5.74, 6) is 0.0257. The first-order valence-corrected chi connectivity index (χ1v) is 7.97. The number of anilines is 1. The molecular weight excluding hydrogens is 353 g/mol. The van der Waals surface area contributed by atoms with Gasteiger partial charge in [0.2, 0.25) is 5.91 Å². The Morgan fingerprint density at radius 1 is 1.35 bits per heavy atom. The third kappa shape index (κ3) is 5.68. The summed E-state index contributed by atoms with van der Waals surface area (Å²) in [6.45, 7) is 4.07. The maximum Gasteiger partial charge on any atom is 0.221 e. The van der Waals surface area contributed by atoms with Crippen molar-refractivity contribution in [3.8, 4) is 0 Å². The summed E-state index contributed by atoms with van der Waals surface area (Å²) in [6.07, 6.45) is 3.65. The lowest BCUT2D eigenvalue weighted by Crippen LogP contribution is -2.43. The summed E-state index contributed by atoms with van der Waals surface area (Å²) in [4.78, 5) is 16.6. The van der Waals surface area contributed by atoms with E-state index in [0.717, 1.165) is 22.7 Å². The van der Waals surface area contributed by atoms with E-state index in [-0.39, 0.29) is 30.7 Å². The van der Waals surface area contributed by atoms with Crippen LogP contribution < -0.4 is 11.1 Å². The fourth-order valence-electron chi connectivity index (χ4n) is 2.17. The van der Waals surface area contributed by atoms with Crippen molar-refractivity contribution >= 4 is 47.7 Å². The summed E-state index contributed by atoms with van der Waals surface area (Å²) in [5, 5.41) is 5.98. The first kappa shape index (κ1) is 21.7. The Morgan fingerprint density at radius 3 is 2.61 bits per heavy atom. The Bertz CT molecular complexity index is 607. The number of aromatic nitrogens is 1. The van der Waals surface area contributed by atoms with Crippen LogP contribution in [-0.2, 0) is 16.8 Å². The fourth-order valence-corrected chi connectivity index (χ4v) is 3.00. The van der Waals surface area contributed by atoms with Crippen LogP contribution >= 0.6 is 36.2 Å². The highest BCUT2D eigenvalue weighted by molar-refractivity contribution is 7.09. The lowest BCUT2D eigenvalue weighted by Gasteiger charge is -2.27. The molecule has 1 aromatic heterocycles. The van der Waals surface area contributed by atoms with E-state index in [2.05, 4.69) is 17.2 Å². The third-order valence-electron chi connectivity index (χ3n) is 3.70. The number of aryl methyl sites for hydroxylation is 1. The van der Waals surface area contributed by atoms with E-state index < -0.39 is 5.54 Å². The monoisotopic (exact) mass is 375 g/mol. The van der Waals surface area contributed by atoms with Crippen LogP contribution in [0.15, 0.2) is 35.8 Å². The van der Waals surface area contributed by atoms with Crippen molar-refractivity contribution in [3.05, 3.63) is 46.4 Å². The van der Waals surface area contributed by atoms with Crippen LogP contribution in [0.25, 0.3) is 0 Å². The molecule has 3 N–H and O–H groups in total. The number of amides is 1. The first-order valence-electron chi connectivity index (χ1n) is 7.09. The molecule has 1 atom stereocenters. The minimum atomic E-state index is -0.395. The molecule has 0 spiro atoms. The van der Waals surface area contributed by atoms with Crippen LogP contribution in [0.4, 0.5) is 5.69 Å². The van der Waals surface area contributed by atoms with E-state index in [9.17, 15) is 4.79 Å². The molecule has 0 bridgehead atoms. The van der Waals surface area contributed by atoms with Gasteiger partial charge in [-0.05, 0) is 31.4 Å². The third-order valence-corrected chi connectivity index (χ3v) is 4.74. The predicted molar refractivity (Wildman–Crippen MR) is 102 cm³/mol. The Morgan fingerprint density at radius 2 is 2.04 bits per heavy atom. The molecule has 1 amide bonds. The second kappa shape index (κ2) is 9.75. The highest BCUT2D eigenvalue weighted by Gasteiger charge is 2.28. The molecule has 7 heteroatoms. The molecule has 1 heterocycles. The van der Waals surface area contributed by atoms with Crippen molar-refractivity contribution in [1.82, 2.24) is 10.3 Å². The average molecular weight is 376 g/mol. The van der Waals surface area contributed by atoms with Gasteiger partial charge in [0.1, 0.15) is 5.01 Å². The van der Waals surface area contributed by atoms with Crippen LogP contribution in [-0.4, -0.2) is 10.9 Å². The molecule has 0 saturated carbocycles. The number of carbonyl (C=O) groups is 1. The van der Waals surface area contributed by atoms with Crippen LogP contribution in [0.5, 0.6) is 0 Å². The van der Waals surface area contributed by atoms with Gasteiger partial charge in [0.15, 0.2) is 0 Å². The molecule has 0 aliphatic rings. The van der Waals surface area contributed by atoms with Gasteiger partial charge in [-0.3, -0.25) is 4.79 Å². The van der Waals surface area contributed by atoms with Crippen molar-refractivity contribution in [1.29, 1.82) is 0 Å². The van der Waals surface area contributed by atoms with Gasteiger partial charge in [-0.15, -0.1) is 36.2 Å². The molecule has 0 aliphatic heterocycles. The van der Waals surface area contributed by atoms with Gasteiger partial charge in [0.25, 0.3) is 0 Å². The molecule has 23 heavy (non-hydrogen) atoms. The molecule has 2 rings (SSSR count). The topological polar surface area (TPSA) is 68.0 Å². The number of halogens is 2. The second-order valence-corrected chi connectivity index (χ2v) is 6.16. The summed E-state index contributed by atoms with van der Waals surface area (Å²) < 4.78 is 0. The van der Waals surface area contributed by atoms with Crippen molar-refractivity contribution < 1.29 is 4.79 Å². The minimum Gasteiger partial charge on any atom is -0.399 e. The SMILES string of the molecule is CCC(C)(NC(=O)CCc1ccccc1N)c1nccs1.Cl.Cl. The predicted octanol–water partition coefficient (Wildman–Crippen LogP) is 3.94. The average Bonchev–Trinajstić information content (AvgIpc) is 3.01. The molecule has 1 unspecified atom stereocenters. The Hall–Kier alpha value is -1.30. The molecule has 0 aliphatic carbocycles. The van der Waals surface area contributed by atoms with E-state index in [4.69, 9.17) is 5.73 Å². The van der Waals surface area contributed by atoms with Crippen LogP contribution in [0.1, 0.15) is 37.3 Å². The van der Waals surface area contributed by atoms with Crippen LogP contribution in [0.3, 0.4) is 0 Å². The Kier molecular flexibility index (Phi) is 9.20. The largest absolute Gasteiger partial charge is 0.399 e. The number of thiazole rings is 1. The van der Waals surface area contributed by atoms with Crippen molar-refractivity contribution in [3.63, 3.8) is 0 Å². The lowest BCUT2D eigenvalue weighted by molar-refractivity contribution is -0.123. The number of nitrogens with one attached hydrogen (secondary N) is 1. The maximum absolute atomic E-state index is 12.2. The number of hydrogen-bond donors (Lipinski definition) is 2. The van der Waals surface area contributed by atoms with Crippen molar-refractivity contribution in [2.75, 3.05) is 5.73 Å². The van der Waals surface area contributed by atoms with E-state index in [1.165, 1.54) is 0 Å². The van der Waals surface area contributed by atoms with Gasteiger partial charge in [-0.2, -0.15) is 0 Å². The summed E-state index contributed by atoms with van der Waals surface area (Å²) in [7, 11) is 0. The van der Waals surface area contributed by atoms with E-state index >= 15 is 0 Å². The standard InChI is InChI=1S/C16H21N3OS.2ClH/c1-3-16(2,15-18-10-11-21-15)19-14(20)9-8-12-6-4-5-7-13(12)17;;/h4-7,10-11H,3,8-9,17H2,1-2H3,(H,19,20);2*1H. The number of nitrogens with two attached hydrogens (primary N) is 1. The summed E-state index contributed by atoms with van der Waals surface area (Å²) in [6, 6.07) is 7.66. The smallest absolute Gasteiger partial charge is 0.221 e. The maximum atomic E-state index is 12.2. The molecule has 0 fully saturated rings. The molecule has 0 saturated heterocycles. The fraction of sp³-hybridized carbons (Fsp3) is 0.375. The van der Waals surface area contributed by atoms with E-state index in [1.54, 1.807) is 17.5 Å². The van der Waals surface area contributed by atoms with Gasteiger partial charge in [0, 0.05) is 23.7 Å². The summed E-state index contributed by atoms with van der Waals surface area (Å²) >= 11 is 1.57. The number of rotatable bonds is 6. The minimum absolute atomic E-state index is 0. The van der Waals surface area contributed by atoms with Gasteiger partial charge in [-0.1, -0.05) is 25.1 Å². The first-order chi connectivity index (χ1) is 10.0. The van der Waals surface area contributed by atoms with Crippen LogP contribution in [0.2, 0.25) is 0 Å². The van der Waals surface area contributed by atoms with E-state index in [0.29, 0.717) is 12.8 Å². The zero-order valence-electron chi connectivity index (χ0n) is 13.2. The van der Waals surface area contributed by atoms with Gasteiger partial charge in [-0.25, -0.2) is 4.98 Å². The van der Waals surface area contributed by atoms with E-state index in [1.807, 2.05) is 36.6 Å². The normalized spacial score (nSPS) is 12.4. The molecule has 2 aromatic rings. The van der Waals surface area contributed by atoms with Crippen LogP contribution in [0, 0.1) is 0 Å². The lowest BCUT2D eigenvalue weighted by atomic mass is 9.99.